The van der Waals surface area contributed by atoms with Gasteiger partial charge in [0.25, 0.3) is 0 Å². The molecule has 0 N–H and O–H groups in total. The molecule has 1 nitrogen and oxygen atoms in total. The van der Waals surface area contributed by atoms with Crippen molar-refractivity contribution in [3.8, 4) is 33.4 Å². The second-order valence-corrected chi connectivity index (χ2v) is 16.7. The molecule has 12 rings (SSSR count). The fourth-order valence-corrected chi connectivity index (χ4v) is 10.7. The van der Waals surface area contributed by atoms with Gasteiger partial charge in [0, 0.05) is 17.5 Å². The van der Waals surface area contributed by atoms with Crippen molar-refractivity contribution >= 4 is 49.2 Å². The van der Waals surface area contributed by atoms with E-state index in [4.69, 9.17) is 0 Å². The van der Waals surface area contributed by atoms with E-state index in [1.165, 1.54) is 93.7 Å². The normalized spacial score (nSPS) is 19.2. The Hall–Kier alpha value is -7.48. The van der Waals surface area contributed by atoms with Gasteiger partial charge in [-0.2, -0.15) is 0 Å². The molecule has 61 heavy (non-hydrogen) atoms. The molecule has 1 saturated heterocycles. The summed E-state index contributed by atoms with van der Waals surface area (Å²) < 4.78 is 0. The van der Waals surface area contributed by atoms with E-state index in [-0.39, 0.29) is 12.1 Å². The van der Waals surface area contributed by atoms with E-state index in [0.717, 1.165) is 0 Å². The molecule has 0 amide bonds. The summed E-state index contributed by atoms with van der Waals surface area (Å²) in [7, 11) is 0. The van der Waals surface area contributed by atoms with Crippen LogP contribution in [0.15, 0.2) is 237 Å². The molecule has 0 saturated carbocycles. The molecule has 9 aromatic carbocycles. The molecule has 0 radical (unpaired) electrons. The van der Waals surface area contributed by atoms with E-state index in [0.29, 0.717) is 11.8 Å². The average molecular weight is 778 g/mol. The molecule has 2 aliphatic carbocycles. The lowest BCUT2D eigenvalue weighted by atomic mass is 9.78. The zero-order valence-electron chi connectivity index (χ0n) is 33.8. The molecule has 4 unspecified atom stereocenters. The van der Waals surface area contributed by atoms with E-state index in [9.17, 15) is 0 Å². The average Bonchev–Trinajstić information content (AvgIpc) is 3.66. The van der Waals surface area contributed by atoms with Crippen molar-refractivity contribution in [3.05, 3.63) is 248 Å². The van der Waals surface area contributed by atoms with Gasteiger partial charge in [-0.3, -0.25) is 0 Å². The monoisotopic (exact) mass is 777 g/mol. The predicted octanol–water partition coefficient (Wildman–Crippen LogP) is 15.2. The first-order valence-corrected chi connectivity index (χ1v) is 21.6. The third-order valence-corrected chi connectivity index (χ3v) is 13.4. The van der Waals surface area contributed by atoms with E-state index in [2.05, 4.69) is 242 Å². The van der Waals surface area contributed by atoms with Crippen LogP contribution in [0.3, 0.4) is 0 Å². The molecule has 0 spiro atoms. The summed E-state index contributed by atoms with van der Waals surface area (Å²) in [6, 6.07) is 74.0. The van der Waals surface area contributed by atoms with Crippen LogP contribution in [0.1, 0.15) is 11.1 Å². The van der Waals surface area contributed by atoms with Gasteiger partial charge in [-0.05, 0) is 106 Å². The van der Waals surface area contributed by atoms with Crippen LogP contribution >= 0.6 is 0 Å². The lowest BCUT2D eigenvalue weighted by Gasteiger charge is -2.32. The SMILES string of the molecule is C1=CC2C(C=C1c1ccc(-c3cccc4ccccc34)cc1)C1C=C(c3ccc4c(-c5ccccc5)c5ccccc5c(-c5ccccc5)c4c3)C=CC1N2c1ccccc1. The molecule has 0 bridgehead atoms. The van der Waals surface area contributed by atoms with Crippen molar-refractivity contribution in [1.82, 2.24) is 0 Å². The quantitative estimate of drug-likeness (QED) is 0.152. The number of anilines is 1. The highest BCUT2D eigenvalue weighted by atomic mass is 15.2. The van der Waals surface area contributed by atoms with Crippen molar-refractivity contribution in [2.45, 2.75) is 12.1 Å². The Morgan fingerprint density at radius 3 is 1.44 bits per heavy atom. The van der Waals surface area contributed by atoms with Gasteiger partial charge in [-0.15, -0.1) is 0 Å². The summed E-state index contributed by atoms with van der Waals surface area (Å²) in [5.41, 5.74) is 13.9. The summed E-state index contributed by atoms with van der Waals surface area (Å²) in [5.74, 6) is 0.595. The first kappa shape index (κ1) is 35.5. The van der Waals surface area contributed by atoms with Gasteiger partial charge < -0.3 is 4.90 Å². The molecule has 1 heteroatoms. The molecule has 1 fully saturated rings. The minimum absolute atomic E-state index is 0.240. The summed E-state index contributed by atoms with van der Waals surface area (Å²) >= 11 is 0. The Kier molecular flexibility index (Phi) is 8.52. The van der Waals surface area contributed by atoms with E-state index in [1.807, 2.05) is 0 Å². The van der Waals surface area contributed by atoms with Crippen LogP contribution in [0.5, 0.6) is 0 Å². The third-order valence-electron chi connectivity index (χ3n) is 13.4. The highest BCUT2D eigenvalue weighted by Gasteiger charge is 2.47. The van der Waals surface area contributed by atoms with E-state index >= 15 is 0 Å². The van der Waals surface area contributed by atoms with Crippen LogP contribution in [0, 0.1) is 11.8 Å². The molecule has 0 aromatic heterocycles. The second kappa shape index (κ2) is 14.7. The minimum Gasteiger partial charge on any atom is -0.357 e. The molecule has 4 atom stereocenters. The summed E-state index contributed by atoms with van der Waals surface area (Å²) in [6.07, 6.45) is 14.8. The Morgan fingerprint density at radius 2 is 0.803 bits per heavy atom. The van der Waals surface area contributed by atoms with E-state index < -0.39 is 0 Å². The summed E-state index contributed by atoms with van der Waals surface area (Å²) in [4.78, 5) is 2.65. The third kappa shape index (κ3) is 6.00. The number of allylic oxidation sites excluding steroid dienone is 4. The molecule has 288 valence electrons. The smallest absolute Gasteiger partial charge is 0.0552 e. The van der Waals surface area contributed by atoms with Crippen LogP contribution in [0.4, 0.5) is 5.69 Å². The Morgan fingerprint density at radius 1 is 0.328 bits per heavy atom. The lowest BCUT2D eigenvalue weighted by molar-refractivity contribution is 0.530. The maximum atomic E-state index is 2.65. The Bertz CT molecular complexity index is 3240. The van der Waals surface area contributed by atoms with Gasteiger partial charge in [0.15, 0.2) is 0 Å². The number of rotatable bonds is 6. The van der Waals surface area contributed by atoms with Crippen molar-refractivity contribution in [1.29, 1.82) is 0 Å². The molecule has 1 heterocycles. The number of hydrogen-bond acceptors (Lipinski definition) is 1. The van der Waals surface area contributed by atoms with E-state index in [1.54, 1.807) is 0 Å². The first-order chi connectivity index (χ1) is 30.3. The number of hydrogen-bond donors (Lipinski definition) is 0. The molecule has 3 aliphatic rings. The van der Waals surface area contributed by atoms with Crippen LogP contribution in [0.25, 0.3) is 76.8 Å². The number of para-hydroxylation sites is 1. The largest absolute Gasteiger partial charge is 0.357 e. The first-order valence-electron chi connectivity index (χ1n) is 21.6. The van der Waals surface area contributed by atoms with Gasteiger partial charge >= 0.3 is 0 Å². The van der Waals surface area contributed by atoms with Crippen molar-refractivity contribution < 1.29 is 0 Å². The predicted molar refractivity (Wildman–Crippen MR) is 259 cm³/mol. The fraction of sp³-hybridized carbons (Fsp3) is 0.0667. The van der Waals surface area contributed by atoms with Gasteiger partial charge in [0.05, 0.1) is 12.1 Å². The minimum atomic E-state index is 0.240. The fourth-order valence-electron chi connectivity index (χ4n) is 10.7. The molecular weight excluding hydrogens is 735 g/mol. The maximum absolute atomic E-state index is 2.65. The van der Waals surface area contributed by atoms with Gasteiger partial charge in [0.1, 0.15) is 0 Å². The highest BCUT2D eigenvalue weighted by molar-refractivity contribution is 6.21. The van der Waals surface area contributed by atoms with Crippen LogP contribution in [-0.4, -0.2) is 12.1 Å². The van der Waals surface area contributed by atoms with Crippen molar-refractivity contribution in [3.63, 3.8) is 0 Å². The number of benzene rings is 9. The topological polar surface area (TPSA) is 3.24 Å². The zero-order chi connectivity index (χ0) is 40.3. The van der Waals surface area contributed by atoms with Crippen LogP contribution in [0.2, 0.25) is 0 Å². The number of fused-ring (bicyclic) bond motifs is 6. The molecular formula is C60H43N. The molecule has 9 aromatic rings. The molecule has 1 aliphatic heterocycles. The van der Waals surface area contributed by atoms with Crippen molar-refractivity contribution in [2.24, 2.45) is 11.8 Å². The van der Waals surface area contributed by atoms with Crippen LogP contribution < -0.4 is 4.90 Å². The Labute approximate surface area is 357 Å². The van der Waals surface area contributed by atoms with Crippen LogP contribution in [-0.2, 0) is 0 Å². The van der Waals surface area contributed by atoms with Gasteiger partial charge in [0.2, 0.25) is 0 Å². The summed E-state index contributed by atoms with van der Waals surface area (Å²) in [6.45, 7) is 0. The second-order valence-electron chi connectivity index (χ2n) is 16.7. The Balaban J connectivity index is 0.973. The zero-order valence-corrected chi connectivity index (χ0v) is 33.8. The standard InChI is InChI=1S/C60H43N/c1-4-16-43(17-5-1)59-51-24-12-13-25-52(51)60(44-18-6-2-7-19-44)56-39-46(31-34-53(56)59)47-33-36-58-55(38-47)54-37-45(32-35-57(54)61(58)48-21-8-3-9-22-48)40-27-29-42(30-28-40)50-26-14-20-41-15-10-11-23-49(41)50/h1-39,54-55,57-58H. The van der Waals surface area contributed by atoms with Gasteiger partial charge in [-0.1, -0.05) is 218 Å². The number of nitrogens with zero attached hydrogens (tertiary/aromatic N) is 1. The lowest BCUT2D eigenvalue weighted by Crippen LogP contribution is -2.36. The maximum Gasteiger partial charge on any atom is 0.0552 e. The summed E-state index contributed by atoms with van der Waals surface area (Å²) in [5, 5.41) is 7.67. The van der Waals surface area contributed by atoms with Gasteiger partial charge in [-0.25, -0.2) is 0 Å². The van der Waals surface area contributed by atoms with Crippen molar-refractivity contribution in [2.75, 3.05) is 4.90 Å². The highest BCUT2D eigenvalue weighted by Crippen LogP contribution is 2.49.